The predicted molar refractivity (Wildman–Crippen MR) is 114 cm³/mol. The molecule has 1 aromatic heterocycles. The molecule has 0 atom stereocenters. The van der Waals surface area contributed by atoms with E-state index in [1.165, 1.54) is 57.5 Å². The Kier molecular flexibility index (Phi) is 7.06. The molecule has 0 N–H and O–H groups in total. The standard InChI is InChI=1S/C19H22N4O5S2/c1-21(15-5-7-16(8-6-15)23(25)26)19(24)14-29-18-10-9-17(13-20-18)30(27,28)22-11-3-2-4-12-22/h5-10,13H,2-4,11-12,14H2,1H3. The van der Waals surface area contributed by atoms with E-state index in [9.17, 15) is 23.3 Å². The van der Waals surface area contributed by atoms with Crippen LogP contribution in [0.1, 0.15) is 19.3 Å². The van der Waals surface area contributed by atoms with Crippen LogP contribution in [0, 0.1) is 10.1 Å². The van der Waals surface area contributed by atoms with E-state index in [4.69, 9.17) is 0 Å². The molecule has 0 saturated carbocycles. The summed E-state index contributed by atoms with van der Waals surface area (Å²) in [5.74, 6) is -0.112. The van der Waals surface area contributed by atoms with Crippen molar-refractivity contribution in [3.8, 4) is 0 Å². The average molecular weight is 451 g/mol. The molecule has 30 heavy (non-hydrogen) atoms. The van der Waals surface area contributed by atoms with Crippen LogP contribution < -0.4 is 4.90 Å². The van der Waals surface area contributed by atoms with E-state index in [2.05, 4.69) is 4.98 Å². The van der Waals surface area contributed by atoms with Crippen molar-refractivity contribution < 1.29 is 18.1 Å². The Morgan fingerprint density at radius 1 is 1.17 bits per heavy atom. The molecule has 3 rings (SSSR count). The molecule has 0 aliphatic carbocycles. The molecule has 11 heteroatoms. The molecule has 0 radical (unpaired) electrons. The fourth-order valence-electron chi connectivity index (χ4n) is 3.03. The van der Waals surface area contributed by atoms with Crippen LogP contribution in [-0.4, -0.2) is 54.4 Å². The van der Waals surface area contributed by atoms with Crippen molar-refractivity contribution in [1.82, 2.24) is 9.29 Å². The number of aromatic nitrogens is 1. The molecule has 1 aromatic carbocycles. The van der Waals surface area contributed by atoms with Crippen molar-refractivity contribution in [3.05, 3.63) is 52.7 Å². The van der Waals surface area contributed by atoms with Gasteiger partial charge in [-0.1, -0.05) is 18.2 Å². The Bertz CT molecular complexity index is 1000. The summed E-state index contributed by atoms with van der Waals surface area (Å²) in [5.41, 5.74) is 0.500. The monoisotopic (exact) mass is 450 g/mol. The van der Waals surface area contributed by atoms with Crippen molar-refractivity contribution in [2.45, 2.75) is 29.2 Å². The second-order valence-corrected chi connectivity index (χ2v) is 9.75. The van der Waals surface area contributed by atoms with Gasteiger partial charge in [0.2, 0.25) is 15.9 Å². The summed E-state index contributed by atoms with van der Waals surface area (Å²) in [6, 6.07) is 8.83. The zero-order chi connectivity index (χ0) is 21.7. The number of hydrogen-bond acceptors (Lipinski definition) is 7. The first-order valence-corrected chi connectivity index (χ1v) is 11.8. The molecule has 2 aromatic rings. The molecule has 9 nitrogen and oxygen atoms in total. The van der Waals surface area contributed by atoms with Crippen LogP contribution in [-0.2, 0) is 14.8 Å². The van der Waals surface area contributed by atoms with Crippen LogP contribution in [0.25, 0.3) is 0 Å². The molecule has 1 amide bonds. The Labute approximate surface area is 179 Å². The van der Waals surface area contributed by atoms with Gasteiger partial charge in [0.25, 0.3) is 5.69 Å². The summed E-state index contributed by atoms with van der Waals surface area (Å²) in [6.45, 7) is 1.06. The lowest BCUT2D eigenvalue weighted by molar-refractivity contribution is -0.384. The molecular formula is C19H22N4O5S2. The van der Waals surface area contributed by atoms with Crippen LogP contribution in [0.4, 0.5) is 11.4 Å². The first kappa shape index (κ1) is 22.2. The van der Waals surface area contributed by atoms with Crippen LogP contribution in [0.2, 0.25) is 0 Å². The third-order valence-electron chi connectivity index (χ3n) is 4.83. The first-order chi connectivity index (χ1) is 14.3. The number of pyridine rings is 1. The van der Waals surface area contributed by atoms with Crippen molar-refractivity contribution in [2.75, 3.05) is 30.8 Å². The van der Waals surface area contributed by atoms with Crippen LogP contribution in [0.3, 0.4) is 0 Å². The molecule has 1 aliphatic rings. The molecule has 1 saturated heterocycles. The zero-order valence-corrected chi connectivity index (χ0v) is 18.1. The van der Waals surface area contributed by atoms with E-state index in [1.54, 1.807) is 13.1 Å². The van der Waals surface area contributed by atoms with Crippen LogP contribution in [0.5, 0.6) is 0 Å². The Hall–Kier alpha value is -2.50. The van der Waals surface area contributed by atoms with Gasteiger partial charge in [-0.25, -0.2) is 13.4 Å². The summed E-state index contributed by atoms with van der Waals surface area (Å²) >= 11 is 1.20. The first-order valence-electron chi connectivity index (χ1n) is 9.39. The number of carbonyl (C=O) groups is 1. The minimum atomic E-state index is -3.53. The summed E-state index contributed by atoms with van der Waals surface area (Å²) < 4.78 is 26.8. The van der Waals surface area contributed by atoms with Gasteiger partial charge in [-0.05, 0) is 37.1 Å². The maximum absolute atomic E-state index is 12.7. The zero-order valence-electron chi connectivity index (χ0n) is 16.4. The summed E-state index contributed by atoms with van der Waals surface area (Å²) in [5, 5.41) is 11.3. The molecule has 0 spiro atoms. The highest BCUT2D eigenvalue weighted by molar-refractivity contribution is 7.99. The number of nitro groups is 1. The topological polar surface area (TPSA) is 114 Å². The molecule has 0 unspecified atom stereocenters. The predicted octanol–water partition coefficient (Wildman–Crippen LogP) is 2.92. The minimum Gasteiger partial charge on any atom is -0.315 e. The smallest absolute Gasteiger partial charge is 0.269 e. The largest absolute Gasteiger partial charge is 0.315 e. The Morgan fingerprint density at radius 2 is 1.83 bits per heavy atom. The number of non-ortho nitro benzene ring substituents is 1. The maximum atomic E-state index is 12.7. The van der Waals surface area contributed by atoms with Crippen molar-refractivity contribution in [1.29, 1.82) is 0 Å². The summed E-state index contributed by atoms with van der Waals surface area (Å²) in [6.07, 6.45) is 4.11. The number of carbonyl (C=O) groups excluding carboxylic acids is 1. The lowest BCUT2D eigenvalue weighted by Crippen LogP contribution is -2.35. The van der Waals surface area contributed by atoms with E-state index >= 15 is 0 Å². The highest BCUT2D eigenvalue weighted by atomic mass is 32.2. The van der Waals surface area contributed by atoms with Gasteiger partial charge in [0, 0.05) is 44.2 Å². The molecule has 0 bridgehead atoms. The average Bonchev–Trinajstić information content (AvgIpc) is 2.78. The quantitative estimate of drug-likeness (QED) is 0.362. The second kappa shape index (κ2) is 9.54. The number of nitro benzene ring substituents is 1. The normalized spacial score (nSPS) is 15.0. The third kappa shape index (κ3) is 5.15. The molecule has 2 heterocycles. The van der Waals surface area contributed by atoms with Crippen LogP contribution in [0.15, 0.2) is 52.5 Å². The maximum Gasteiger partial charge on any atom is 0.269 e. The highest BCUT2D eigenvalue weighted by Crippen LogP contribution is 2.24. The highest BCUT2D eigenvalue weighted by Gasteiger charge is 2.26. The number of amides is 1. The van der Waals surface area contributed by atoms with Crippen molar-refractivity contribution >= 4 is 39.1 Å². The molecular weight excluding hydrogens is 428 g/mol. The SMILES string of the molecule is CN(C(=O)CSc1ccc(S(=O)(=O)N2CCCCC2)cn1)c1ccc([N+](=O)[O-])cc1. The number of nitrogens with zero attached hydrogens (tertiary/aromatic N) is 4. The number of sulfonamides is 1. The van der Waals surface area contributed by atoms with Crippen molar-refractivity contribution in [3.63, 3.8) is 0 Å². The van der Waals surface area contributed by atoms with Gasteiger partial charge in [0.05, 0.1) is 15.7 Å². The van der Waals surface area contributed by atoms with E-state index < -0.39 is 14.9 Å². The van der Waals surface area contributed by atoms with E-state index in [0.29, 0.717) is 23.8 Å². The third-order valence-corrected chi connectivity index (χ3v) is 7.64. The molecule has 160 valence electrons. The number of hydrogen-bond donors (Lipinski definition) is 0. The fraction of sp³-hybridized carbons (Fsp3) is 0.368. The minimum absolute atomic E-state index is 0.0437. The second-order valence-electron chi connectivity index (χ2n) is 6.81. The van der Waals surface area contributed by atoms with Gasteiger partial charge in [-0.15, -0.1) is 0 Å². The molecule has 1 fully saturated rings. The lowest BCUT2D eigenvalue weighted by Gasteiger charge is -2.25. The van der Waals surface area contributed by atoms with Crippen LogP contribution >= 0.6 is 11.8 Å². The van der Waals surface area contributed by atoms with Gasteiger partial charge in [-0.3, -0.25) is 14.9 Å². The number of anilines is 1. The van der Waals surface area contributed by atoms with E-state index in [-0.39, 0.29) is 22.2 Å². The molecule has 1 aliphatic heterocycles. The number of benzene rings is 1. The van der Waals surface area contributed by atoms with Gasteiger partial charge < -0.3 is 4.90 Å². The number of rotatable bonds is 7. The fourth-order valence-corrected chi connectivity index (χ4v) is 5.25. The van der Waals surface area contributed by atoms with E-state index in [1.807, 2.05) is 0 Å². The summed E-state index contributed by atoms with van der Waals surface area (Å²) in [7, 11) is -1.94. The Balaban J connectivity index is 1.59. The van der Waals surface area contributed by atoms with Gasteiger partial charge in [0.15, 0.2) is 0 Å². The Morgan fingerprint density at radius 3 is 2.40 bits per heavy atom. The van der Waals surface area contributed by atoms with E-state index in [0.717, 1.165) is 19.3 Å². The lowest BCUT2D eigenvalue weighted by atomic mass is 10.2. The summed E-state index contributed by atoms with van der Waals surface area (Å²) in [4.78, 5) is 28.4. The van der Waals surface area contributed by atoms with Crippen molar-refractivity contribution in [2.24, 2.45) is 0 Å². The van der Waals surface area contributed by atoms with Gasteiger partial charge in [0.1, 0.15) is 4.90 Å². The number of thioether (sulfide) groups is 1. The van der Waals surface area contributed by atoms with Gasteiger partial charge in [-0.2, -0.15) is 4.31 Å². The number of piperidine rings is 1. The van der Waals surface area contributed by atoms with Gasteiger partial charge >= 0.3 is 0 Å².